The van der Waals surface area contributed by atoms with Crippen molar-refractivity contribution in [2.45, 2.75) is 26.4 Å². The highest BCUT2D eigenvalue weighted by Crippen LogP contribution is 2.22. The molecule has 0 saturated heterocycles. The van der Waals surface area contributed by atoms with Crippen molar-refractivity contribution in [2.75, 3.05) is 5.32 Å². The molecule has 0 aliphatic heterocycles. The third-order valence-electron chi connectivity index (χ3n) is 3.20. The fourth-order valence-electron chi connectivity index (χ4n) is 1.97. The number of nitrogens with one attached hydrogen (secondary N) is 1. The fourth-order valence-corrected chi connectivity index (χ4v) is 2.32. The summed E-state index contributed by atoms with van der Waals surface area (Å²) in [5.74, 6) is 0.352. The Hall–Kier alpha value is -1.71. The van der Waals surface area contributed by atoms with E-state index in [4.69, 9.17) is 27.9 Å². The predicted octanol–water partition coefficient (Wildman–Crippen LogP) is 5.10. The van der Waals surface area contributed by atoms with Crippen molar-refractivity contribution in [1.29, 1.82) is 0 Å². The minimum atomic E-state index is -0.600. The number of rotatable bonds is 5. The van der Waals surface area contributed by atoms with Crippen LogP contribution in [0.4, 0.5) is 5.69 Å². The Morgan fingerprint density at radius 3 is 2.59 bits per heavy atom. The summed E-state index contributed by atoms with van der Waals surface area (Å²) in [6.45, 7) is 3.80. The summed E-state index contributed by atoms with van der Waals surface area (Å²) in [5.41, 5.74) is 1.63. The lowest BCUT2D eigenvalue weighted by atomic mass is 10.2. The van der Waals surface area contributed by atoms with Gasteiger partial charge in [0.15, 0.2) is 6.10 Å². The van der Waals surface area contributed by atoms with E-state index >= 15 is 0 Å². The molecule has 0 spiro atoms. The molecule has 2 rings (SSSR count). The van der Waals surface area contributed by atoms with Crippen LogP contribution in [0, 0.1) is 6.92 Å². The lowest BCUT2D eigenvalue weighted by Crippen LogP contribution is -2.32. The Kier molecular flexibility index (Phi) is 5.69. The van der Waals surface area contributed by atoms with Crippen LogP contribution in [0.3, 0.4) is 0 Å². The first kappa shape index (κ1) is 16.7. The number of carbonyl (C=O) groups is 1. The fraction of sp³-hybridized carbons (Fsp3) is 0.235. The molecule has 0 aliphatic rings. The first-order chi connectivity index (χ1) is 10.5. The van der Waals surface area contributed by atoms with Crippen molar-refractivity contribution < 1.29 is 9.53 Å². The molecular formula is C17H17Cl2NO2. The lowest BCUT2D eigenvalue weighted by molar-refractivity contribution is -0.122. The molecule has 0 bridgehead atoms. The maximum atomic E-state index is 12.4. The van der Waals surface area contributed by atoms with Crippen molar-refractivity contribution >= 4 is 34.8 Å². The summed E-state index contributed by atoms with van der Waals surface area (Å²) < 4.78 is 5.72. The van der Waals surface area contributed by atoms with E-state index in [0.717, 1.165) is 5.56 Å². The standard InChI is InChI=1S/C17H17Cl2NO2/c1-3-16(22-14-6-4-5-12(18)9-14)17(21)20-15-10-13(19)8-7-11(15)2/h4-10,16H,3H2,1-2H3,(H,20,21)/t16-/m1/s1. The van der Waals surface area contributed by atoms with Crippen molar-refractivity contribution in [3.8, 4) is 5.75 Å². The summed E-state index contributed by atoms with van der Waals surface area (Å²) in [7, 11) is 0. The molecule has 0 saturated carbocycles. The second kappa shape index (κ2) is 7.52. The number of hydrogen-bond acceptors (Lipinski definition) is 2. The number of carbonyl (C=O) groups excluding carboxylic acids is 1. The average Bonchev–Trinajstić information content (AvgIpc) is 2.48. The Morgan fingerprint density at radius 1 is 1.18 bits per heavy atom. The Labute approximate surface area is 140 Å². The van der Waals surface area contributed by atoms with Gasteiger partial charge in [0.25, 0.3) is 5.91 Å². The van der Waals surface area contributed by atoms with E-state index in [2.05, 4.69) is 5.32 Å². The second-order valence-corrected chi connectivity index (χ2v) is 5.79. The van der Waals surface area contributed by atoms with Gasteiger partial charge in [0.05, 0.1) is 0 Å². The molecule has 22 heavy (non-hydrogen) atoms. The van der Waals surface area contributed by atoms with Gasteiger partial charge in [0, 0.05) is 15.7 Å². The van der Waals surface area contributed by atoms with Crippen LogP contribution in [-0.2, 0) is 4.79 Å². The first-order valence-corrected chi connectivity index (χ1v) is 7.74. The Morgan fingerprint density at radius 2 is 1.91 bits per heavy atom. The number of anilines is 1. The third kappa shape index (κ3) is 4.39. The highest BCUT2D eigenvalue weighted by atomic mass is 35.5. The van der Waals surface area contributed by atoms with E-state index in [1.807, 2.05) is 19.9 Å². The summed E-state index contributed by atoms with van der Waals surface area (Å²) in [6.07, 6.45) is -0.0605. The van der Waals surface area contributed by atoms with E-state index in [1.54, 1.807) is 36.4 Å². The zero-order valence-corrected chi connectivity index (χ0v) is 13.9. The number of hydrogen-bond donors (Lipinski definition) is 1. The Balaban J connectivity index is 2.10. The molecule has 0 unspecified atom stereocenters. The summed E-state index contributed by atoms with van der Waals surface area (Å²) >= 11 is 11.9. The van der Waals surface area contributed by atoms with Gasteiger partial charge >= 0.3 is 0 Å². The summed E-state index contributed by atoms with van der Waals surface area (Å²) in [4.78, 5) is 12.4. The molecule has 1 N–H and O–H groups in total. The number of benzene rings is 2. The molecule has 0 radical (unpaired) electrons. The maximum Gasteiger partial charge on any atom is 0.265 e. The van der Waals surface area contributed by atoms with E-state index < -0.39 is 6.10 Å². The SMILES string of the molecule is CC[C@@H](Oc1cccc(Cl)c1)C(=O)Nc1cc(Cl)ccc1C. The van der Waals surface area contributed by atoms with Crippen molar-refractivity contribution in [3.63, 3.8) is 0 Å². The predicted molar refractivity (Wildman–Crippen MR) is 91.0 cm³/mol. The summed E-state index contributed by atoms with van der Waals surface area (Å²) in [6, 6.07) is 12.4. The van der Waals surface area contributed by atoms with Crippen LogP contribution in [0.5, 0.6) is 5.75 Å². The van der Waals surface area contributed by atoms with Gasteiger partial charge < -0.3 is 10.1 Å². The molecule has 116 valence electrons. The van der Waals surface area contributed by atoms with Crippen molar-refractivity contribution in [2.24, 2.45) is 0 Å². The van der Waals surface area contributed by atoms with E-state index in [1.165, 1.54) is 0 Å². The van der Waals surface area contributed by atoms with Crippen LogP contribution in [0.25, 0.3) is 0 Å². The quantitative estimate of drug-likeness (QED) is 0.824. The largest absolute Gasteiger partial charge is 0.481 e. The van der Waals surface area contributed by atoms with Gasteiger partial charge in [0.1, 0.15) is 5.75 Å². The van der Waals surface area contributed by atoms with Gasteiger partial charge in [0.2, 0.25) is 0 Å². The molecule has 0 heterocycles. The van der Waals surface area contributed by atoms with Crippen LogP contribution in [0.1, 0.15) is 18.9 Å². The van der Waals surface area contributed by atoms with Crippen molar-refractivity contribution in [1.82, 2.24) is 0 Å². The highest BCUT2D eigenvalue weighted by Gasteiger charge is 2.19. The molecule has 2 aromatic carbocycles. The average molecular weight is 338 g/mol. The van der Waals surface area contributed by atoms with Crippen LogP contribution in [-0.4, -0.2) is 12.0 Å². The minimum Gasteiger partial charge on any atom is -0.481 e. The maximum absolute atomic E-state index is 12.4. The summed E-state index contributed by atoms with van der Waals surface area (Å²) in [5, 5.41) is 4.00. The Bertz CT molecular complexity index is 673. The zero-order valence-electron chi connectivity index (χ0n) is 12.4. The van der Waals surface area contributed by atoms with Gasteiger partial charge in [-0.15, -0.1) is 0 Å². The number of ether oxygens (including phenoxy) is 1. The van der Waals surface area contributed by atoms with Crippen LogP contribution < -0.4 is 10.1 Å². The van der Waals surface area contributed by atoms with Crippen LogP contribution in [0.2, 0.25) is 10.0 Å². The van der Waals surface area contributed by atoms with Gasteiger partial charge in [-0.05, 0) is 49.2 Å². The van der Waals surface area contributed by atoms with Gasteiger partial charge in [-0.25, -0.2) is 0 Å². The molecule has 0 fully saturated rings. The van der Waals surface area contributed by atoms with Crippen LogP contribution >= 0.6 is 23.2 Å². The lowest BCUT2D eigenvalue weighted by Gasteiger charge is -2.18. The molecule has 3 nitrogen and oxygen atoms in total. The second-order valence-electron chi connectivity index (χ2n) is 4.92. The van der Waals surface area contributed by atoms with Gasteiger partial charge in [-0.3, -0.25) is 4.79 Å². The number of halogens is 2. The minimum absolute atomic E-state index is 0.215. The van der Waals surface area contributed by atoms with Crippen molar-refractivity contribution in [3.05, 3.63) is 58.1 Å². The molecule has 2 aromatic rings. The normalized spacial score (nSPS) is 11.8. The van der Waals surface area contributed by atoms with Crippen LogP contribution in [0.15, 0.2) is 42.5 Å². The monoisotopic (exact) mass is 337 g/mol. The van der Waals surface area contributed by atoms with Gasteiger partial charge in [-0.1, -0.05) is 42.3 Å². The first-order valence-electron chi connectivity index (χ1n) is 6.99. The van der Waals surface area contributed by atoms with E-state index in [0.29, 0.717) is 27.9 Å². The van der Waals surface area contributed by atoms with E-state index in [-0.39, 0.29) is 5.91 Å². The zero-order chi connectivity index (χ0) is 16.1. The molecule has 0 aliphatic carbocycles. The highest BCUT2D eigenvalue weighted by molar-refractivity contribution is 6.31. The van der Waals surface area contributed by atoms with E-state index in [9.17, 15) is 4.79 Å². The molecular weight excluding hydrogens is 321 g/mol. The molecule has 1 amide bonds. The number of amides is 1. The molecule has 0 aromatic heterocycles. The molecule has 1 atom stereocenters. The smallest absolute Gasteiger partial charge is 0.265 e. The molecule has 5 heteroatoms. The number of aryl methyl sites for hydroxylation is 1. The topological polar surface area (TPSA) is 38.3 Å². The third-order valence-corrected chi connectivity index (χ3v) is 3.67. The van der Waals surface area contributed by atoms with Gasteiger partial charge in [-0.2, -0.15) is 0 Å².